The van der Waals surface area contributed by atoms with E-state index in [1.165, 1.54) is 11.1 Å². The summed E-state index contributed by atoms with van der Waals surface area (Å²) in [5.74, 6) is 2.11. The zero-order valence-electron chi connectivity index (χ0n) is 20.4. The second kappa shape index (κ2) is 8.33. The third-order valence-corrected chi connectivity index (χ3v) is 7.79. The summed E-state index contributed by atoms with van der Waals surface area (Å²) >= 11 is 0. The summed E-state index contributed by atoms with van der Waals surface area (Å²) in [4.78, 5) is 19.8. The first-order valence-electron chi connectivity index (χ1n) is 12.9. The van der Waals surface area contributed by atoms with Crippen LogP contribution in [0, 0.1) is 18.8 Å². The number of nitrogens with zero attached hydrogens (tertiary/aromatic N) is 4. The van der Waals surface area contributed by atoms with Crippen molar-refractivity contribution in [1.29, 1.82) is 0 Å². The molecule has 1 amide bonds. The lowest BCUT2D eigenvalue weighted by atomic mass is 10.0. The number of nitrogens with one attached hydrogen (secondary N) is 1. The summed E-state index contributed by atoms with van der Waals surface area (Å²) in [6.07, 6.45) is 5.04. The molecule has 2 aliphatic rings. The average Bonchev–Trinajstić information content (AvgIpc) is 3.30. The van der Waals surface area contributed by atoms with Gasteiger partial charge >= 0.3 is 0 Å². The van der Waals surface area contributed by atoms with Crippen molar-refractivity contribution in [3.05, 3.63) is 72.4 Å². The third kappa shape index (κ3) is 3.77. The molecule has 0 radical (unpaired) electrons. The molecule has 1 aliphatic heterocycles. The second-order valence-corrected chi connectivity index (χ2v) is 10.5. The summed E-state index contributed by atoms with van der Waals surface area (Å²) in [6, 6.07) is 21.6. The Bertz CT molecular complexity index is 1590. The summed E-state index contributed by atoms with van der Waals surface area (Å²) in [5.41, 5.74) is 7.88. The molecule has 1 atom stereocenters. The number of carbonyl (C=O) groups excluding carboxylic acids is 1. The highest BCUT2D eigenvalue weighted by atomic mass is 16.2. The van der Waals surface area contributed by atoms with Crippen molar-refractivity contribution >= 4 is 27.8 Å². The largest absolute Gasteiger partial charge is 0.342 e. The van der Waals surface area contributed by atoms with E-state index >= 15 is 0 Å². The molecular weight excluding hydrogens is 446 g/mol. The van der Waals surface area contributed by atoms with E-state index in [1.807, 2.05) is 6.20 Å². The van der Waals surface area contributed by atoms with Crippen LogP contribution in [0.2, 0.25) is 0 Å². The molecule has 1 aliphatic carbocycles. The molecule has 1 N–H and O–H groups in total. The highest BCUT2D eigenvalue weighted by Crippen LogP contribution is 2.34. The van der Waals surface area contributed by atoms with Gasteiger partial charge in [0.25, 0.3) is 0 Å². The van der Waals surface area contributed by atoms with E-state index < -0.39 is 0 Å². The number of aromatic nitrogens is 4. The number of imidazole rings is 1. The Morgan fingerprint density at radius 1 is 0.972 bits per heavy atom. The molecule has 0 bridgehead atoms. The van der Waals surface area contributed by atoms with E-state index in [4.69, 9.17) is 4.98 Å². The van der Waals surface area contributed by atoms with Crippen molar-refractivity contribution in [3.8, 4) is 22.5 Å². The Hall–Kier alpha value is -3.93. The maximum Gasteiger partial charge on any atom is 0.225 e. The van der Waals surface area contributed by atoms with Gasteiger partial charge in [-0.25, -0.2) is 4.98 Å². The summed E-state index contributed by atoms with van der Waals surface area (Å²) in [5, 5.41) is 8.31. The molecule has 6 nitrogen and oxygen atoms in total. The molecule has 1 saturated heterocycles. The highest BCUT2D eigenvalue weighted by molar-refractivity contribution is 5.85. The second-order valence-electron chi connectivity index (χ2n) is 10.5. The lowest BCUT2D eigenvalue weighted by Crippen LogP contribution is -2.30. The number of aromatic amines is 1. The number of amides is 1. The van der Waals surface area contributed by atoms with Crippen LogP contribution < -0.4 is 0 Å². The predicted octanol–water partition coefficient (Wildman–Crippen LogP) is 5.81. The van der Waals surface area contributed by atoms with Gasteiger partial charge in [-0.1, -0.05) is 42.5 Å². The Morgan fingerprint density at radius 3 is 2.61 bits per heavy atom. The minimum Gasteiger partial charge on any atom is -0.342 e. The number of hydrogen-bond donors (Lipinski definition) is 1. The summed E-state index contributed by atoms with van der Waals surface area (Å²) < 4.78 is 2.37. The van der Waals surface area contributed by atoms with Crippen LogP contribution in [0.15, 0.2) is 66.9 Å². The van der Waals surface area contributed by atoms with Crippen LogP contribution in [0.4, 0.5) is 0 Å². The lowest BCUT2D eigenvalue weighted by Gasteiger charge is -2.18. The van der Waals surface area contributed by atoms with Gasteiger partial charge in [0.15, 0.2) is 0 Å². The van der Waals surface area contributed by atoms with Gasteiger partial charge in [0.1, 0.15) is 5.82 Å². The van der Waals surface area contributed by atoms with E-state index in [-0.39, 0.29) is 0 Å². The van der Waals surface area contributed by atoms with Gasteiger partial charge in [-0.2, -0.15) is 5.10 Å². The van der Waals surface area contributed by atoms with E-state index in [1.54, 1.807) is 0 Å². The topological polar surface area (TPSA) is 66.8 Å². The zero-order valence-corrected chi connectivity index (χ0v) is 20.4. The van der Waals surface area contributed by atoms with Crippen molar-refractivity contribution < 1.29 is 4.79 Å². The molecule has 36 heavy (non-hydrogen) atoms. The number of rotatable bonds is 5. The number of carbonyl (C=O) groups is 1. The molecule has 2 fully saturated rings. The summed E-state index contributed by atoms with van der Waals surface area (Å²) in [6.45, 7) is 4.73. The Kier molecular flexibility index (Phi) is 4.94. The molecule has 6 heteroatoms. The van der Waals surface area contributed by atoms with Crippen molar-refractivity contribution in [1.82, 2.24) is 24.6 Å². The number of aryl methyl sites for hydroxylation is 1. The van der Waals surface area contributed by atoms with Gasteiger partial charge in [0.2, 0.25) is 5.91 Å². The van der Waals surface area contributed by atoms with Gasteiger partial charge in [-0.15, -0.1) is 0 Å². The molecule has 1 unspecified atom stereocenters. The van der Waals surface area contributed by atoms with Crippen LogP contribution in [-0.4, -0.2) is 43.6 Å². The number of benzene rings is 3. The first-order chi connectivity index (χ1) is 17.6. The van der Waals surface area contributed by atoms with Gasteiger partial charge in [-0.05, 0) is 67.0 Å². The standard InChI is InChI=1S/C30H29N5O/c1-19-2-11-28-27(14-19)32-29(35(28)18-20-12-13-34(17-20)30(36)23-7-8-23)22-5-3-21(4-6-22)24-9-10-25-16-31-33-26(25)15-24/h2-6,9-11,14-16,20,23H,7-8,12-13,17-18H2,1H3,(H,31,33). The number of fused-ring (bicyclic) bond motifs is 2. The number of hydrogen-bond acceptors (Lipinski definition) is 3. The van der Waals surface area contributed by atoms with E-state index in [0.717, 1.165) is 77.8 Å². The van der Waals surface area contributed by atoms with Crippen LogP contribution in [0.25, 0.3) is 44.5 Å². The van der Waals surface area contributed by atoms with Crippen LogP contribution in [-0.2, 0) is 11.3 Å². The average molecular weight is 476 g/mol. The molecule has 3 aromatic carbocycles. The maximum absolute atomic E-state index is 12.6. The van der Waals surface area contributed by atoms with Gasteiger partial charge in [0.05, 0.1) is 22.7 Å². The Labute approximate surface area is 210 Å². The first-order valence-corrected chi connectivity index (χ1v) is 12.9. The fourth-order valence-corrected chi connectivity index (χ4v) is 5.60. The van der Waals surface area contributed by atoms with Crippen molar-refractivity contribution in [2.24, 2.45) is 11.8 Å². The first kappa shape index (κ1) is 21.4. The van der Waals surface area contributed by atoms with Crippen molar-refractivity contribution in [2.75, 3.05) is 13.1 Å². The molecular formula is C30H29N5O. The molecule has 180 valence electrons. The molecule has 7 rings (SSSR count). The number of likely N-dealkylation sites (tertiary alicyclic amines) is 1. The minimum absolute atomic E-state index is 0.295. The predicted molar refractivity (Wildman–Crippen MR) is 142 cm³/mol. The van der Waals surface area contributed by atoms with E-state index in [2.05, 4.69) is 87.3 Å². The van der Waals surface area contributed by atoms with Crippen LogP contribution in [0.3, 0.4) is 0 Å². The van der Waals surface area contributed by atoms with E-state index in [0.29, 0.717) is 17.7 Å². The van der Waals surface area contributed by atoms with Crippen LogP contribution in [0.5, 0.6) is 0 Å². The lowest BCUT2D eigenvalue weighted by molar-refractivity contribution is -0.131. The maximum atomic E-state index is 12.6. The zero-order chi connectivity index (χ0) is 24.2. The van der Waals surface area contributed by atoms with Crippen LogP contribution >= 0.6 is 0 Å². The summed E-state index contributed by atoms with van der Waals surface area (Å²) in [7, 11) is 0. The highest BCUT2D eigenvalue weighted by Gasteiger charge is 2.36. The normalized spacial score (nSPS) is 17.9. The minimum atomic E-state index is 0.295. The molecule has 3 heterocycles. The fraction of sp³-hybridized carbons (Fsp3) is 0.300. The molecule has 5 aromatic rings. The molecule has 1 saturated carbocycles. The van der Waals surface area contributed by atoms with Gasteiger partial charge in [-0.3, -0.25) is 9.89 Å². The third-order valence-electron chi connectivity index (χ3n) is 7.79. The molecule has 0 spiro atoms. The fourth-order valence-electron chi connectivity index (χ4n) is 5.60. The van der Waals surface area contributed by atoms with Crippen molar-refractivity contribution in [2.45, 2.75) is 32.7 Å². The van der Waals surface area contributed by atoms with E-state index in [9.17, 15) is 4.79 Å². The quantitative estimate of drug-likeness (QED) is 0.349. The monoisotopic (exact) mass is 475 g/mol. The van der Waals surface area contributed by atoms with Crippen LogP contribution in [0.1, 0.15) is 24.8 Å². The van der Waals surface area contributed by atoms with Gasteiger partial charge < -0.3 is 9.47 Å². The Balaban J connectivity index is 1.21. The smallest absolute Gasteiger partial charge is 0.225 e. The van der Waals surface area contributed by atoms with Crippen molar-refractivity contribution in [3.63, 3.8) is 0 Å². The SMILES string of the molecule is Cc1ccc2c(c1)nc(-c1ccc(-c3ccc4cn[nH]c4c3)cc1)n2CC1CCN(C(=O)C2CC2)C1. The Morgan fingerprint density at radius 2 is 1.78 bits per heavy atom. The molecule has 2 aromatic heterocycles. The number of H-pyrrole nitrogens is 1. The van der Waals surface area contributed by atoms with Gasteiger partial charge in [0, 0.05) is 36.5 Å².